The third kappa shape index (κ3) is 3.87. The minimum Gasteiger partial charge on any atom is -0.393 e. The van der Waals surface area contributed by atoms with E-state index in [1.165, 1.54) is 12.1 Å². The lowest BCUT2D eigenvalue weighted by Crippen LogP contribution is -2.34. The Bertz CT molecular complexity index is 500. The Hall–Kier alpha value is -1.76. The van der Waals surface area contributed by atoms with E-state index in [0.717, 1.165) is 18.6 Å². The van der Waals surface area contributed by atoms with Crippen LogP contribution in [0.3, 0.4) is 0 Å². The van der Waals surface area contributed by atoms with Crippen molar-refractivity contribution in [2.75, 3.05) is 18.4 Å². The molecule has 1 aromatic rings. The summed E-state index contributed by atoms with van der Waals surface area (Å²) in [6, 6.07) is 3.94. The van der Waals surface area contributed by atoms with Crippen LogP contribution in [0, 0.1) is 5.92 Å². The lowest BCUT2D eigenvalue weighted by molar-refractivity contribution is -0.137. The topological polar surface area (TPSA) is 52.6 Å². The number of rotatable bonds is 2. The van der Waals surface area contributed by atoms with Gasteiger partial charge in [-0.05, 0) is 37.6 Å². The van der Waals surface area contributed by atoms with Gasteiger partial charge >= 0.3 is 12.2 Å². The van der Waals surface area contributed by atoms with Crippen LogP contribution < -0.4 is 5.32 Å². The molecule has 1 heterocycles. The van der Waals surface area contributed by atoms with Crippen LogP contribution in [-0.2, 0) is 6.18 Å². The minimum absolute atomic E-state index is 0.0448. The van der Waals surface area contributed by atoms with Crippen LogP contribution in [0.2, 0.25) is 0 Å². The fraction of sp³-hybridized carbons (Fsp3) is 0.500. The highest BCUT2D eigenvalue weighted by atomic mass is 19.4. The molecule has 1 aromatic carbocycles. The van der Waals surface area contributed by atoms with E-state index in [0.29, 0.717) is 18.8 Å². The molecule has 2 amide bonds. The number of hydrogen-bond donors (Lipinski definition) is 2. The smallest absolute Gasteiger partial charge is 0.393 e. The minimum atomic E-state index is -4.39. The number of nitrogens with zero attached hydrogens (tertiary/aromatic N) is 1. The van der Waals surface area contributed by atoms with Gasteiger partial charge in [-0.3, -0.25) is 0 Å². The molecule has 0 bridgehead atoms. The third-order valence-electron chi connectivity index (χ3n) is 3.66. The SMILES string of the molecule is CC(O)C1CCN(C(=O)Nc2ccc(C(F)(F)F)cc2)C1. The molecule has 2 rings (SSSR count). The average molecular weight is 302 g/mol. The molecule has 7 heteroatoms. The molecule has 0 radical (unpaired) electrons. The number of nitrogens with one attached hydrogen (secondary N) is 1. The fourth-order valence-corrected chi connectivity index (χ4v) is 2.31. The summed E-state index contributed by atoms with van der Waals surface area (Å²) in [5.41, 5.74) is -0.440. The summed E-state index contributed by atoms with van der Waals surface area (Å²) in [6.45, 7) is 2.66. The zero-order valence-corrected chi connectivity index (χ0v) is 11.5. The Kier molecular flexibility index (Phi) is 4.41. The van der Waals surface area contributed by atoms with Gasteiger partial charge in [0.05, 0.1) is 11.7 Å². The summed E-state index contributed by atoms with van der Waals surface area (Å²) < 4.78 is 37.3. The number of anilines is 1. The van der Waals surface area contributed by atoms with Crippen LogP contribution in [0.25, 0.3) is 0 Å². The van der Waals surface area contributed by atoms with Crippen LogP contribution in [0.15, 0.2) is 24.3 Å². The van der Waals surface area contributed by atoms with E-state index >= 15 is 0 Å². The first kappa shape index (κ1) is 15.6. The normalized spacial score (nSPS) is 20.4. The van der Waals surface area contributed by atoms with Gasteiger partial charge in [-0.25, -0.2) is 4.79 Å². The molecular formula is C14H17F3N2O2. The standard InChI is InChI=1S/C14H17F3N2O2/c1-9(20)10-6-7-19(8-10)13(21)18-12-4-2-11(3-5-12)14(15,16)17/h2-5,9-10,20H,6-8H2,1H3,(H,18,21). The maximum atomic E-state index is 12.4. The number of urea groups is 1. The van der Waals surface area contributed by atoms with Gasteiger partial charge in [0.2, 0.25) is 0 Å². The van der Waals surface area contributed by atoms with Gasteiger partial charge in [0.1, 0.15) is 0 Å². The number of carbonyl (C=O) groups is 1. The third-order valence-corrected chi connectivity index (χ3v) is 3.66. The lowest BCUT2D eigenvalue weighted by Gasteiger charge is -2.18. The number of hydrogen-bond acceptors (Lipinski definition) is 2. The van der Waals surface area contributed by atoms with Crippen LogP contribution in [-0.4, -0.2) is 35.2 Å². The number of aliphatic hydroxyl groups excluding tert-OH is 1. The highest BCUT2D eigenvalue weighted by Crippen LogP contribution is 2.30. The second-order valence-corrected chi connectivity index (χ2v) is 5.24. The molecule has 1 aliphatic rings. The number of amides is 2. The van der Waals surface area contributed by atoms with Gasteiger partial charge in [-0.2, -0.15) is 13.2 Å². The van der Waals surface area contributed by atoms with Gasteiger partial charge in [-0.1, -0.05) is 0 Å². The number of carbonyl (C=O) groups excluding carboxylic acids is 1. The monoisotopic (exact) mass is 302 g/mol. The average Bonchev–Trinajstić information content (AvgIpc) is 2.88. The van der Waals surface area contributed by atoms with Crippen LogP contribution in [0.5, 0.6) is 0 Å². The Morgan fingerprint density at radius 3 is 2.48 bits per heavy atom. The number of alkyl halides is 3. The first-order valence-corrected chi connectivity index (χ1v) is 6.68. The van der Waals surface area contributed by atoms with Crippen molar-refractivity contribution in [3.63, 3.8) is 0 Å². The van der Waals surface area contributed by atoms with E-state index < -0.39 is 17.8 Å². The Morgan fingerprint density at radius 1 is 1.38 bits per heavy atom. The predicted octanol–water partition coefficient (Wildman–Crippen LogP) is 2.94. The maximum Gasteiger partial charge on any atom is 0.416 e. The van der Waals surface area contributed by atoms with E-state index in [9.17, 15) is 23.1 Å². The zero-order valence-electron chi connectivity index (χ0n) is 11.5. The summed E-state index contributed by atoms with van der Waals surface area (Å²) in [5, 5.41) is 12.0. The molecule has 0 aliphatic carbocycles. The first-order chi connectivity index (χ1) is 9.77. The van der Waals surface area contributed by atoms with Gasteiger partial charge in [0.15, 0.2) is 0 Å². The van der Waals surface area contributed by atoms with Crippen molar-refractivity contribution >= 4 is 11.7 Å². The zero-order chi connectivity index (χ0) is 15.6. The Balaban J connectivity index is 1.94. The predicted molar refractivity (Wildman–Crippen MR) is 71.8 cm³/mol. The van der Waals surface area contributed by atoms with Gasteiger partial charge in [0, 0.05) is 24.7 Å². The van der Waals surface area contributed by atoms with Crippen molar-refractivity contribution < 1.29 is 23.1 Å². The highest BCUT2D eigenvalue weighted by Gasteiger charge is 2.31. The van der Waals surface area contributed by atoms with E-state index in [4.69, 9.17) is 0 Å². The quantitative estimate of drug-likeness (QED) is 0.882. The molecule has 116 valence electrons. The van der Waals surface area contributed by atoms with Crippen molar-refractivity contribution in [1.82, 2.24) is 4.90 Å². The molecular weight excluding hydrogens is 285 g/mol. The summed E-state index contributed by atoms with van der Waals surface area (Å²) in [7, 11) is 0. The Labute approximate surface area is 120 Å². The summed E-state index contributed by atoms with van der Waals surface area (Å²) in [5.74, 6) is 0.0448. The molecule has 1 aliphatic heterocycles. The number of aliphatic hydroxyl groups is 1. The largest absolute Gasteiger partial charge is 0.416 e. The number of likely N-dealkylation sites (tertiary alicyclic amines) is 1. The van der Waals surface area contributed by atoms with Crippen LogP contribution in [0.4, 0.5) is 23.7 Å². The lowest BCUT2D eigenvalue weighted by atomic mass is 10.0. The molecule has 2 N–H and O–H groups in total. The molecule has 0 saturated carbocycles. The fourth-order valence-electron chi connectivity index (χ4n) is 2.31. The summed E-state index contributed by atoms with van der Waals surface area (Å²) >= 11 is 0. The van der Waals surface area contributed by atoms with E-state index in [2.05, 4.69) is 5.32 Å². The molecule has 21 heavy (non-hydrogen) atoms. The summed E-state index contributed by atoms with van der Waals surface area (Å²) in [6.07, 6.45) is -4.14. The van der Waals surface area contributed by atoms with Gasteiger partial charge in [0.25, 0.3) is 0 Å². The molecule has 1 fully saturated rings. The van der Waals surface area contributed by atoms with E-state index in [1.807, 2.05) is 0 Å². The van der Waals surface area contributed by atoms with Crippen LogP contribution >= 0.6 is 0 Å². The van der Waals surface area contributed by atoms with Crippen molar-refractivity contribution in [3.8, 4) is 0 Å². The van der Waals surface area contributed by atoms with Crippen molar-refractivity contribution in [2.24, 2.45) is 5.92 Å². The van der Waals surface area contributed by atoms with Crippen molar-refractivity contribution in [3.05, 3.63) is 29.8 Å². The van der Waals surface area contributed by atoms with Crippen molar-refractivity contribution in [2.45, 2.75) is 25.6 Å². The molecule has 0 spiro atoms. The molecule has 2 atom stereocenters. The van der Waals surface area contributed by atoms with Crippen LogP contribution in [0.1, 0.15) is 18.9 Å². The first-order valence-electron chi connectivity index (χ1n) is 6.68. The van der Waals surface area contributed by atoms with E-state index in [1.54, 1.807) is 11.8 Å². The van der Waals surface area contributed by atoms with Gasteiger partial charge < -0.3 is 15.3 Å². The second-order valence-electron chi connectivity index (χ2n) is 5.24. The number of benzene rings is 1. The maximum absolute atomic E-state index is 12.4. The molecule has 2 unspecified atom stereocenters. The highest BCUT2D eigenvalue weighted by molar-refractivity contribution is 5.89. The van der Waals surface area contributed by atoms with E-state index in [-0.39, 0.29) is 11.9 Å². The van der Waals surface area contributed by atoms with Crippen molar-refractivity contribution in [1.29, 1.82) is 0 Å². The Morgan fingerprint density at radius 2 is 2.00 bits per heavy atom. The molecule has 4 nitrogen and oxygen atoms in total. The second kappa shape index (κ2) is 5.93. The molecule has 0 aromatic heterocycles. The van der Waals surface area contributed by atoms with Gasteiger partial charge in [-0.15, -0.1) is 0 Å². The molecule has 1 saturated heterocycles. The summed E-state index contributed by atoms with van der Waals surface area (Å²) in [4.78, 5) is 13.5. The number of halogens is 3.